The van der Waals surface area contributed by atoms with Gasteiger partial charge in [-0.05, 0) is 18.3 Å². The van der Waals surface area contributed by atoms with E-state index in [4.69, 9.17) is 0 Å². The fraction of sp³-hybridized carbons (Fsp3) is 1.00. The van der Waals surface area contributed by atoms with Crippen molar-refractivity contribution in [2.75, 3.05) is 0 Å². The third-order valence-corrected chi connectivity index (χ3v) is 1.65. The van der Waals surface area contributed by atoms with Crippen LogP contribution in [0.15, 0.2) is 0 Å². The number of rotatable bonds is 4. The fourth-order valence-corrected chi connectivity index (χ4v) is 1.30. The first-order valence-corrected chi connectivity index (χ1v) is 5.54. The first-order chi connectivity index (χ1) is 5.54. The van der Waals surface area contributed by atoms with Crippen LogP contribution in [0.5, 0.6) is 0 Å². The molecule has 0 radical (unpaired) electrons. The molecule has 0 bridgehead atoms. The van der Waals surface area contributed by atoms with Gasteiger partial charge in [0, 0.05) is 0 Å². The number of hydrogen-bond acceptors (Lipinski definition) is 0. The second-order valence-electron chi connectivity index (χ2n) is 4.38. The van der Waals surface area contributed by atoms with Crippen molar-refractivity contribution in [2.45, 2.75) is 67.2 Å². The van der Waals surface area contributed by atoms with Gasteiger partial charge in [0.25, 0.3) is 0 Å². The van der Waals surface area contributed by atoms with Gasteiger partial charge >= 0.3 is 0 Å². The maximum absolute atomic E-state index is 2.26. The minimum Gasteiger partial charge on any atom is -0.0654 e. The minimum absolute atomic E-state index is 0.875. The summed E-state index contributed by atoms with van der Waals surface area (Å²) in [5.41, 5.74) is 0. The van der Waals surface area contributed by atoms with Crippen LogP contribution < -0.4 is 0 Å². The smallest absolute Gasteiger partial charge is 0.0469 e. The lowest BCUT2D eigenvalue weighted by molar-refractivity contribution is 0.469. The van der Waals surface area contributed by atoms with Crippen molar-refractivity contribution in [3.05, 3.63) is 0 Å². The topological polar surface area (TPSA) is 0 Å². The van der Waals surface area contributed by atoms with Crippen LogP contribution in [0.25, 0.3) is 0 Å². The van der Waals surface area contributed by atoms with Gasteiger partial charge in [0.05, 0.1) is 0 Å². The highest BCUT2D eigenvalue weighted by molar-refractivity contribution is 4.47. The Kier molecular flexibility index (Phi) is 13.3. The Labute approximate surface area is 79.8 Å². The molecule has 0 heteroatoms. The molecule has 0 heterocycles. The van der Waals surface area contributed by atoms with Crippen LogP contribution in [0.2, 0.25) is 0 Å². The van der Waals surface area contributed by atoms with Gasteiger partial charge in [0.15, 0.2) is 0 Å². The number of unbranched alkanes of at least 4 members (excludes halogenated alkanes) is 2. The highest BCUT2D eigenvalue weighted by atomic mass is 14.0. The first-order valence-electron chi connectivity index (χ1n) is 5.54. The standard InChI is InChI=1S/C7H16.C5H12/c1-6(2)5-7(3)4;1-3-5-4-2/h6-7H,5H2,1-4H3;3-5H2,1-2H3. The molecular formula is C12H28. The molecule has 0 unspecified atom stereocenters. The summed E-state index contributed by atoms with van der Waals surface area (Å²) in [5, 5.41) is 0. The van der Waals surface area contributed by atoms with Gasteiger partial charge < -0.3 is 0 Å². The summed E-state index contributed by atoms with van der Waals surface area (Å²) in [4.78, 5) is 0. The molecule has 0 aliphatic rings. The lowest BCUT2D eigenvalue weighted by atomic mass is 10.0. The van der Waals surface area contributed by atoms with E-state index >= 15 is 0 Å². The van der Waals surface area contributed by atoms with Crippen LogP contribution in [0.4, 0.5) is 0 Å². The van der Waals surface area contributed by atoms with Crippen LogP contribution in [-0.2, 0) is 0 Å². The van der Waals surface area contributed by atoms with Crippen molar-refractivity contribution in [1.82, 2.24) is 0 Å². The quantitative estimate of drug-likeness (QED) is 0.566. The van der Waals surface area contributed by atoms with E-state index < -0.39 is 0 Å². The molecule has 0 saturated heterocycles. The second-order valence-corrected chi connectivity index (χ2v) is 4.38. The number of hydrogen-bond donors (Lipinski definition) is 0. The predicted molar refractivity (Wildman–Crippen MR) is 59.5 cm³/mol. The van der Waals surface area contributed by atoms with Crippen LogP contribution in [0.1, 0.15) is 67.2 Å². The SMILES string of the molecule is CC(C)CC(C)C.CCCCC. The zero-order valence-corrected chi connectivity index (χ0v) is 9.98. The van der Waals surface area contributed by atoms with Crippen LogP contribution in [0.3, 0.4) is 0 Å². The van der Waals surface area contributed by atoms with E-state index in [0.29, 0.717) is 0 Å². The molecule has 0 rings (SSSR count). The van der Waals surface area contributed by atoms with E-state index in [2.05, 4.69) is 41.5 Å². The van der Waals surface area contributed by atoms with Crippen LogP contribution in [-0.4, -0.2) is 0 Å². The molecule has 0 fully saturated rings. The molecule has 0 N–H and O–H groups in total. The second kappa shape index (κ2) is 11.0. The summed E-state index contributed by atoms with van der Waals surface area (Å²) in [5.74, 6) is 1.75. The minimum atomic E-state index is 0.875. The lowest BCUT2D eigenvalue weighted by Crippen LogP contribution is -1.93. The van der Waals surface area contributed by atoms with E-state index in [0.717, 1.165) is 11.8 Å². The zero-order valence-electron chi connectivity index (χ0n) is 9.98. The molecule has 0 aromatic carbocycles. The van der Waals surface area contributed by atoms with Crippen molar-refractivity contribution in [3.63, 3.8) is 0 Å². The van der Waals surface area contributed by atoms with Crippen molar-refractivity contribution in [3.8, 4) is 0 Å². The van der Waals surface area contributed by atoms with Gasteiger partial charge in [0.2, 0.25) is 0 Å². The third kappa shape index (κ3) is 22.5. The fourth-order valence-electron chi connectivity index (χ4n) is 1.30. The Morgan fingerprint density at radius 2 is 1.08 bits per heavy atom. The van der Waals surface area contributed by atoms with Gasteiger partial charge in [-0.25, -0.2) is 0 Å². The van der Waals surface area contributed by atoms with E-state index in [9.17, 15) is 0 Å². The zero-order chi connectivity index (χ0) is 9.98. The predicted octanol–water partition coefficient (Wildman–Crippen LogP) is 4.89. The molecule has 76 valence electrons. The third-order valence-electron chi connectivity index (χ3n) is 1.65. The van der Waals surface area contributed by atoms with Crippen molar-refractivity contribution < 1.29 is 0 Å². The largest absolute Gasteiger partial charge is 0.0654 e. The molecule has 0 aromatic rings. The molecule has 0 nitrogen and oxygen atoms in total. The Balaban J connectivity index is 0. The average Bonchev–Trinajstić information content (AvgIpc) is 1.87. The van der Waals surface area contributed by atoms with Gasteiger partial charge in [-0.15, -0.1) is 0 Å². The monoisotopic (exact) mass is 172 g/mol. The van der Waals surface area contributed by atoms with Gasteiger partial charge in [-0.2, -0.15) is 0 Å². The average molecular weight is 172 g/mol. The summed E-state index contributed by atoms with van der Waals surface area (Å²) in [6, 6.07) is 0. The van der Waals surface area contributed by atoms with Crippen LogP contribution in [0, 0.1) is 11.8 Å². The van der Waals surface area contributed by atoms with Gasteiger partial charge in [0.1, 0.15) is 0 Å². The van der Waals surface area contributed by atoms with Crippen molar-refractivity contribution in [1.29, 1.82) is 0 Å². The van der Waals surface area contributed by atoms with Gasteiger partial charge in [-0.1, -0.05) is 60.8 Å². The Hall–Kier alpha value is 0. The maximum atomic E-state index is 2.26. The van der Waals surface area contributed by atoms with E-state index in [1.807, 2.05) is 0 Å². The summed E-state index contributed by atoms with van der Waals surface area (Å²) >= 11 is 0. The summed E-state index contributed by atoms with van der Waals surface area (Å²) in [6.07, 6.45) is 5.44. The highest BCUT2D eigenvalue weighted by Gasteiger charge is 1.95. The normalized spacial score (nSPS) is 10.0. The molecule has 0 atom stereocenters. The van der Waals surface area contributed by atoms with Crippen molar-refractivity contribution >= 4 is 0 Å². The van der Waals surface area contributed by atoms with E-state index in [-0.39, 0.29) is 0 Å². The summed E-state index contributed by atoms with van der Waals surface area (Å²) in [7, 11) is 0. The Morgan fingerprint density at radius 3 is 1.08 bits per heavy atom. The van der Waals surface area contributed by atoms with Crippen LogP contribution >= 0.6 is 0 Å². The lowest BCUT2D eigenvalue weighted by Gasteiger charge is -2.05. The Bertz CT molecular complexity index is 54.4. The molecule has 0 spiro atoms. The molecular weight excluding hydrogens is 144 g/mol. The molecule has 12 heavy (non-hydrogen) atoms. The molecule has 0 saturated carbocycles. The van der Waals surface area contributed by atoms with E-state index in [1.54, 1.807) is 0 Å². The highest BCUT2D eigenvalue weighted by Crippen LogP contribution is 2.08. The van der Waals surface area contributed by atoms with Crippen molar-refractivity contribution in [2.24, 2.45) is 11.8 Å². The molecule has 0 aliphatic carbocycles. The summed E-state index contributed by atoms with van der Waals surface area (Å²) < 4.78 is 0. The van der Waals surface area contributed by atoms with Gasteiger partial charge in [-0.3, -0.25) is 0 Å². The van der Waals surface area contributed by atoms with E-state index in [1.165, 1.54) is 25.7 Å². The molecule has 0 amide bonds. The molecule has 0 aliphatic heterocycles. The first kappa shape index (κ1) is 14.5. The maximum Gasteiger partial charge on any atom is -0.0469 e. The summed E-state index contributed by atoms with van der Waals surface area (Å²) in [6.45, 7) is 13.5. The molecule has 0 aromatic heterocycles. The Morgan fingerprint density at radius 1 is 0.750 bits per heavy atom.